The summed E-state index contributed by atoms with van der Waals surface area (Å²) in [6.07, 6.45) is 0.337. The third kappa shape index (κ3) is 7.00. The van der Waals surface area contributed by atoms with Crippen molar-refractivity contribution in [2.75, 3.05) is 13.2 Å². The Labute approximate surface area is 217 Å². The molecule has 0 bridgehead atoms. The number of aryl methyl sites for hydroxylation is 1. The van der Waals surface area contributed by atoms with Gasteiger partial charge >= 0.3 is 0 Å². The Hall–Kier alpha value is -3.02. The van der Waals surface area contributed by atoms with Crippen molar-refractivity contribution in [3.05, 3.63) is 99.0 Å². The smallest absolute Gasteiger partial charge is 0.261 e. The molecule has 3 aromatic carbocycles. The fourth-order valence-electron chi connectivity index (χ4n) is 3.80. The summed E-state index contributed by atoms with van der Waals surface area (Å²) >= 11 is 12.9. The van der Waals surface area contributed by atoms with E-state index in [0.29, 0.717) is 34.3 Å². The molecule has 2 amide bonds. The van der Waals surface area contributed by atoms with Crippen LogP contribution in [0.5, 0.6) is 5.75 Å². The molecule has 0 aliphatic carbocycles. The molecule has 0 saturated heterocycles. The lowest BCUT2D eigenvalue weighted by Gasteiger charge is -2.32. The number of hydrogen-bond acceptors (Lipinski definition) is 3. The number of halogens is 2. The topological polar surface area (TPSA) is 58.6 Å². The van der Waals surface area contributed by atoms with Crippen LogP contribution >= 0.6 is 23.2 Å². The van der Waals surface area contributed by atoms with Gasteiger partial charge in [0, 0.05) is 35.1 Å². The Balaban J connectivity index is 1.96. The molecular formula is C28H30Cl2N2O3. The molecule has 3 rings (SSSR count). The van der Waals surface area contributed by atoms with Crippen molar-refractivity contribution >= 4 is 35.0 Å². The molecule has 0 aromatic heterocycles. The third-order valence-electron chi connectivity index (χ3n) is 5.92. The lowest BCUT2D eigenvalue weighted by molar-refractivity contribution is -0.142. The van der Waals surface area contributed by atoms with Crippen LogP contribution in [0.4, 0.5) is 0 Å². The normalized spacial score (nSPS) is 11.6. The number of likely N-dealkylation sites (N-methyl/N-ethyl adjacent to an activating group) is 1. The first-order valence-corrected chi connectivity index (χ1v) is 12.3. The van der Waals surface area contributed by atoms with Gasteiger partial charge in [-0.25, -0.2) is 0 Å². The monoisotopic (exact) mass is 512 g/mol. The highest BCUT2D eigenvalue weighted by molar-refractivity contribution is 6.36. The molecular weight excluding hydrogens is 483 g/mol. The summed E-state index contributed by atoms with van der Waals surface area (Å²) in [6.45, 7) is 6.07. The highest BCUT2D eigenvalue weighted by Crippen LogP contribution is 2.27. The van der Waals surface area contributed by atoms with Crippen molar-refractivity contribution in [1.82, 2.24) is 10.2 Å². The Kier molecular flexibility index (Phi) is 9.58. The second kappa shape index (κ2) is 12.6. The maximum Gasteiger partial charge on any atom is 0.261 e. The third-order valence-corrected chi connectivity index (χ3v) is 6.63. The summed E-state index contributed by atoms with van der Waals surface area (Å²) < 4.78 is 5.91. The average molecular weight is 513 g/mol. The summed E-state index contributed by atoms with van der Waals surface area (Å²) in [5.41, 5.74) is 3.55. The molecule has 0 aliphatic heterocycles. The standard InChI is InChI=1S/C28H30Cl2N2O3/c1-4-31-28(34)25(16-21-11-6-5-7-12-21)32(17-22-23(29)13-9-14-24(22)30)27(33)18-35-26-15-8-10-19(2)20(26)3/h5-15,25H,4,16-18H2,1-3H3,(H,31,34)/t25-/m1/s1. The predicted octanol–water partition coefficient (Wildman–Crippen LogP) is 5.77. The highest BCUT2D eigenvalue weighted by Gasteiger charge is 2.31. The number of hydrogen-bond donors (Lipinski definition) is 1. The van der Waals surface area contributed by atoms with E-state index in [1.54, 1.807) is 18.2 Å². The zero-order valence-electron chi connectivity index (χ0n) is 20.2. The number of carbonyl (C=O) groups excluding carboxylic acids is 2. The van der Waals surface area contributed by atoms with E-state index in [4.69, 9.17) is 27.9 Å². The molecule has 0 aliphatic rings. The summed E-state index contributed by atoms with van der Waals surface area (Å²) in [4.78, 5) is 28.3. The van der Waals surface area contributed by atoms with Gasteiger partial charge in [-0.3, -0.25) is 9.59 Å². The lowest BCUT2D eigenvalue weighted by atomic mass is 10.0. The number of nitrogens with one attached hydrogen (secondary N) is 1. The minimum atomic E-state index is -0.778. The van der Waals surface area contributed by atoms with E-state index < -0.39 is 6.04 Å². The summed E-state index contributed by atoms with van der Waals surface area (Å²) in [5, 5.41) is 3.73. The molecule has 5 nitrogen and oxygen atoms in total. The molecule has 0 unspecified atom stereocenters. The Morgan fingerprint density at radius 1 is 0.943 bits per heavy atom. The van der Waals surface area contributed by atoms with Crippen molar-refractivity contribution in [2.24, 2.45) is 0 Å². The van der Waals surface area contributed by atoms with Crippen LogP contribution < -0.4 is 10.1 Å². The van der Waals surface area contributed by atoms with Crippen LogP contribution in [0.25, 0.3) is 0 Å². The lowest BCUT2D eigenvalue weighted by Crippen LogP contribution is -2.51. The van der Waals surface area contributed by atoms with Crippen LogP contribution in [0.15, 0.2) is 66.7 Å². The largest absolute Gasteiger partial charge is 0.483 e. The number of rotatable bonds is 10. The molecule has 0 spiro atoms. The van der Waals surface area contributed by atoms with Crippen LogP contribution in [0.3, 0.4) is 0 Å². The Morgan fingerprint density at radius 2 is 1.60 bits per heavy atom. The van der Waals surface area contributed by atoms with Crippen LogP contribution in [-0.4, -0.2) is 35.9 Å². The van der Waals surface area contributed by atoms with E-state index in [-0.39, 0.29) is 25.0 Å². The van der Waals surface area contributed by atoms with Crippen molar-refractivity contribution in [3.8, 4) is 5.75 Å². The van der Waals surface area contributed by atoms with Gasteiger partial charge in [0.2, 0.25) is 5.91 Å². The summed E-state index contributed by atoms with van der Waals surface area (Å²) in [5.74, 6) is 0.0420. The molecule has 35 heavy (non-hydrogen) atoms. The van der Waals surface area contributed by atoms with Crippen molar-refractivity contribution in [3.63, 3.8) is 0 Å². The van der Waals surface area contributed by atoms with Crippen molar-refractivity contribution in [2.45, 2.75) is 39.8 Å². The maximum absolute atomic E-state index is 13.6. The van der Waals surface area contributed by atoms with E-state index in [1.807, 2.05) is 69.3 Å². The molecule has 184 valence electrons. The van der Waals surface area contributed by atoms with Crippen molar-refractivity contribution < 1.29 is 14.3 Å². The van der Waals surface area contributed by atoms with Gasteiger partial charge < -0.3 is 15.0 Å². The fraction of sp³-hybridized carbons (Fsp3) is 0.286. The first-order chi connectivity index (χ1) is 16.8. The van der Waals surface area contributed by atoms with Gasteiger partial charge in [-0.05, 0) is 55.7 Å². The van der Waals surface area contributed by atoms with Gasteiger partial charge in [-0.15, -0.1) is 0 Å². The SMILES string of the molecule is CCNC(=O)[C@@H](Cc1ccccc1)N(Cc1c(Cl)cccc1Cl)C(=O)COc1cccc(C)c1C. The molecule has 1 N–H and O–H groups in total. The maximum atomic E-state index is 13.6. The van der Waals surface area contributed by atoms with Gasteiger partial charge in [-0.2, -0.15) is 0 Å². The molecule has 0 fully saturated rings. The molecule has 0 heterocycles. The highest BCUT2D eigenvalue weighted by atomic mass is 35.5. The van der Waals surface area contributed by atoms with Gasteiger partial charge in [0.25, 0.3) is 5.91 Å². The summed E-state index contributed by atoms with van der Waals surface area (Å²) in [7, 11) is 0. The number of nitrogens with zero attached hydrogens (tertiary/aromatic N) is 1. The van der Waals surface area contributed by atoms with Crippen LogP contribution in [0.1, 0.15) is 29.2 Å². The molecule has 1 atom stereocenters. The minimum absolute atomic E-state index is 0.0716. The number of ether oxygens (including phenoxy) is 1. The Bertz CT molecular complexity index is 1150. The Morgan fingerprint density at radius 3 is 2.26 bits per heavy atom. The fourth-order valence-corrected chi connectivity index (χ4v) is 4.32. The molecule has 7 heteroatoms. The quantitative estimate of drug-likeness (QED) is 0.375. The van der Waals surface area contributed by atoms with E-state index in [0.717, 1.165) is 16.7 Å². The van der Waals surface area contributed by atoms with E-state index in [9.17, 15) is 9.59 Å². The van der Waals surface area contributed by atoms with Gasteiger partial charge in [0.1, 0.15) is 11.8 Å². The van der Waals surface area contributed by atoms with Gasteiger partial charge in [-0.1, -0.05) is 71.7 Å². The van der Waals surface area contributed by atoms with Crippen LogP contribution in [-0.2, 0) is 22.6 Å². The zero-order valence-corrected chi connectivity index (χ0v) is 21.7. The van der Waals surface area contributed by atoms with E-state index in [2.05, 4.69) is 5.32 Å². The molecule has 0 radical (unpaired) electrons. The number of benzene rings is 3. The van der Waals surface area contributed by atoms with Gasteiger partial charge in [0.05, 0.1) is 0 Å². The van der Waals surface area contributed by atoms with E-state index >= 15 is 0 Å². The first kappa shape index (κ1) is 26.6. The predicted molar refractivity (Wildman–Crippen MR) is 141 cm³/mol. The number of amides is 2. The molecule has 0 saturated carbocycles. The average Bonchev–Trinajstić information content (AvgIpc) is 2.84. The summed E-state index contributed by atoms with van der Waals surface area (Å²) in [6, 6.07) is 19.7. The molecule has 3 aromatic rings. The van der Waals surface area contributed by atoms with Crippen LogP contribution in [0, 0.1) is 13.8 Å². The first-order valence-electron chi connectivity index (χ1n) is 11.5. The minimum Gasteiger partial charge on any atom is -0.483 e. The number of carbonyl (C=O) groups is 2. The second-order valence-electron chi connectivity index (χ2n) is 8.31. The second-order valence-corrected chi connectivity index (χ2v) is 9.12. The van der Waals surface area contributed by atoms with E-state index in [1.165, 1.54) is 4.90 Å². The van der Waals surface area contributed by atoms with Crippen LogP contribution in [0.2, 0.25) is 10.0 Å². The van der Waals surface area contributed by atoms with Crippen molar-refractivity contribution in [1.29, 1.82) is 0 Å². The zero-order chi connectivity index (χ0) is 25.4. The van der Waals surface area contributed by atoms with Gasteiger partial charge in [0.15, 0.2) is 6.61 Å².